The number of piperidine rings is 1. The molecule has 1 amide bonds. The standard InChI is InChI=1S/C26H29N5O3/c1-16(2)33-21-6-4-5-18(11-21)24-12-22-23(14-28-26(27)25(22)34-24)19-13-29-31(15-19)20-7-9-30(10-8-20)17(3)32/h4-6,11-16,20H,7-10H2,1-3H3,(H2,27,28). The molecular formula is C26H29N5O3. The van der Waals surface area contributed by atoms with Crippen LogP contribution in [0.5, 0.6) is 5.75 Å². The molecule has 3 aromatic heterocycles. The molecule has 5 rings (SSSR count). The van der Waals surface area contributed by atoms with Gasteiger partial charge in [0.15, 0.2) is 11.4 Å². The average Bonchev–Trinajstić information content (AvgIpc) is 3.48. The lowest BCUT2D eigenvalue weighted by atomic mass is 10.0. The Bertz CT molecular complexity index is 1330. The van der Waals surface area contributed by atoms with Crippen molar-refractivity contribution >= 4 is 22.7 Å². The van der Waals surface area contributed by atoms with Crippen LogP contribution in [0.25, 0.3) is 33.4 Å². The molecule has 176 valence electrons. The summed E-state index contributed by atoms with van der Waals surface area (Å²) in [5.41, 5.74) is 9.51. The number of pyridine rings is 1. The Morgan fingerprint density at radius 3 is 2.71 bits per heavy atom. The van der Waals surface area contributed by atoms with Gasteiger partial charge in [0, 0.05) is 54.5 Å². The number of nitrogen functional groups attached to an aromatic ring is 1. The van der Waals surface area contributed by atoms with Gasteiger partial charge in [-0.25, -0.2) is 4.98 Å². The molecule has 8 nitrogen and oxygen atoms in total. The van der Waals surface area contributed by atoms with E-state index in [9.17, 15) is 4.79 Å². The number of nitrogens with zero attached hydrogens (tertiary/aromatic N) is 4. The van der Waals surface area contributed by atoms with Gasteiger partial charge < -0.3 is 19.8 Å². The fourth-order valence-electron chi connectivity index (χ4n) is 4.53. The van der Waals surface area contributed by atoms with Crippen molar-refractivity contribution in [3.8, 4) is 28.2 Å². The molecule has 0 aliphatic carbocycles. The Hall–Kier alpha value is -3.81. The minimum atomic E-state index is 0.0867. The van der Waals surface area contributed by atoms with Crippen LogP contribution in [0.4, 0.5) is 5.82 Å². The van der Waals surface area contributed by atoms with Crippen molar-refractivity contribution in [2.45, 2.75) is 45.8 Å². The van der Waals surface area contributed by atoms with Crippen LogP contribution in [0, 0.1) is 0 Å². The second-order valence-electron chi connectivity index (χ2n) is 9.05. The van der Waals surface area contributed by atoms with E-state index in [4.69, 9.17) is 14.9 Å². The molecule has 4 heterocycles. The summed E-state index contributed by atoms with van der Waals surface area (Å²) >= 11 is 0. The normalized spacial score (nSPS) is 14.8. The number of likely N-dealkylation sites (tertiary alicyclic amines) is 1. The first-order valence-electron chi connectivity index (χ1n) is 11.6. The maximum atomic E-state index is 11.6. The number of anilines is 1. The number of furan rings is 1. The lowest BCUT2D eigenvalue weighted by Crippen LogP contribution is -2.37. The number of hydrogen-bond acceptors (Lipinski definition) is 6. The van der Waals surface area contributed by atoms with E-state index in [-0.39, 0.29) is 18.1 Å². The van der Waals surface area contributed by atoms with Gasteiger partial charge in [-0.3, -0.25) is 9.48 Å². The van der Waals surface area contributed by atoms with Crippen molar-refractivity contribution < 1.29 is 13.9 Å². The summed E-state index contributed by atoms with van der Waals surface area (Å²) in [7, 11) is 0. The lowest BCUT2D eigenvalue weighted by molar-refractivity contribution is -0.130. The second kappa shape index (κ2) is 8.85. The van der Waals surface area contributed by atoms with Gasteiger partial charge in [-0.05, 0) is 44.9 Å². The van der Waals surface area contributed by atoms with Gasteiger partial charge >= 0.3 is 0 Å². The van der Waals surface area contributed by atoms with Crippen molar-refractivity contribution in [1.82, 2.24) is 19.7 Å². The van der Waals surface area contributed by atoms with E-state index in [1.54, 1.807) is 13.1 Å². The Labute approximate surface area is 198 Å². The highest BCUT2D eigenvalue weighted by Gasteiger charge is 2.23. The number of carbonyl (C=O) groups is 1. The molecule has 1 fully saturated rings. The monoisotopic (exact) mass is 459 g/mol. The van der Waals surface area contributed by atoms with Gasteiger partial charge in [-0.1, -0.05) is 12.1 Å². The number of ether oxygens (including phenoxy) is 1. The van der Waals surface area contributed by atoms with Crippen LogP contribution in [0.15, 0.2) is 53.3 Å². The molecule has 1 aromatic carbocycles. The molecule has 1 aliphatic rings. The van der Waals surface area contributed by atoms with Crippen molar-refractivity contribution in [3.05, 3.63) is 48.9 Å². The van der Waals surface area contributed by atoms with E-state index in [0.29, 0.717) is 17.2 Å². The second-order valence-corrected chi connectivity index (χ2v) is 9.05. The number of hydrogen-bond donors (Lipinski definition) is 1. The highest BCUT2D eigenvalue weighted by Crippen LogP contribution is 2.37. The van der Waals surface area contributed by atoms with Crippen LogP contribution in [0.2, 0.25) is 0 Å². The predicted octanol–water partition coefficient (Wildman–Crippen LogP) is 4.91. The third-order valence-electron chi connectivity index (χ3n) is 6.27. The summed E-state index contributed by atoms with van der Waals surface area (Å²) in [5.74, 6) is 1.97. The Morgan fingerprint density at radius 2 is 1.97 bits per heavy atom. The highest BCUT2D eigenvalue weighted by molar-refractivity contribution is 6.00. The number of nitrogens with two attached hydrogens (primary N) is 1. The Morgan fingerprint density at radius 1 is 1.18 bits per heavy atom. The SMILES string of the molecule is CC(=O)N1CCC(n2cc(-c3cnc(N)c4oc(-c5cccc(OC(C)C)c5)cc34)cn2)CC1. The maximum absolute atomic E-state index is 11.6. The van der Waals surface area contributed by atoms with Gasteiger partial charge in [0.1, 0.15) is 11.5 Å². The van der Waals surface area contributed by atoms with Crippen LogP contribution in [0.1, 0.15) is 39.7 Å². The van der Waals surface area contributed by atoms with E-state index in [1.165, 1.54) is 0 Å². The van der Waals surface area contributed by atoms with Gasteiger partial charge in [-0.2, -0.15) is 5.10 Å². The van der Waals surface area contributed by atoms with E-state index >= 15 is 0 Å². The molecule has 0 atom stereocenters. The number of carbonyl (C=O) groups excluding carboxylic acids is 1. The van der Waals surface area contributed by atoms with Crippen LogP contribution >= 0.6 is 0 Å². The highest BCUT2D eigenvalue weighted by atomic mass is 16.5. The van der Waals surface area contributed by atoms with E-state index in [1.807, 2.05) is 66.2 Å². The van der Waals surface area contributed by atoms with Crippen molar-refractivity contribution in [1.29, 1.82) is 0 Å². The molecule has 2 N–H and O–H groups in total. The van der Waals surface area contributed by atoms with Crippen molar-refractivity contribution in [2.75, 3.05) is 18.8 Å². The largest absolute Gasteiger partial charge is 0.491 e. The molecular weight excluding hydrogens is 430 g/mol. The van der Waals surface area contributed by atoms with E-state index in [2.05, 4.69) is 10.1 Å². The van der Waals surface area contributed by atoms with Gasteiger partial charge in [-0.15, -0.1) is 0 Å². The first-order chi connectivity index (χ1) is 16.4. The summed E-state index contributed by atoms with van der Waals surface area (Å²) in [6.07, 6.45) is 7.54. The summed E-state index contributed by atoms with van der Waals surface area (Å²) < 4.78 is 14.0. The molecule has 0 saturated carbocycles. The molecule has 0 unspecified atom stereocenters. The first kappa shape index (κ1) is 22.0. The minimum Gasteiger partial charge on any atom is -0.491 e. The Kier molecular flexibility index (Phi) is 5.73. The molecule has 1 saturated heterocycles. The number of benzene rings is 1. The molecule has 4 aromatic rings. The minimum absolute atomic E-state index is 0.0867. The Balaban J connectivity index is 1.46. The third-order valence-corrected chi connectivity index (χ3v) is 6.27. The quantitative estimate of drug-likeness (QED) is 0.455. The first-order valence-corrected chi connectivity index (χ1v) is 11.6. The number of amides is 1. The number of fused-ring (bicyclic) bond motifs is 1. The maximum Gasteiger partial charge on any atom is 0.219 e. The smallest absolute Gasteiger partial charge is 0.219 e. The van der Waals surface area contributed by atoms with Gasteiger partial charge in [0.05, 0.1) is 18.3 Å². The lowest BCUT2D eigenvalue weighted by Gasteiger charge is -2.31. The third kappa shape index (κ3) is 4.23. The van der Waals surface area contributed by atoms with E-state index < -0.39 is 0 Å². The van der Waals surface area contributed by atoms with Crippen LogP contribution in [-0.4, -0.2) is 44.8 Å². The predicted molar refractivity (Wildman–Crippen MR) is 131 cm³/mol. The van der Waals surface area contributed by atoms with Gasteiger partial charge in [0.25, 0.3) is 0 Å². The molecule has 0 bridgehead atoms. The van der Waals surface area contributed by atoms with E-state index in [0.717, 1.165) is 53.8 Å². The van der Waals surface area contributed by atoms with Crippen LogP contribution in [-0.2, 0) is 4.79 Å². The number of aromatic nitrogens is 3. The topological polar surface area (TPSA) is 99.4 Å². The average molecular weight is 460 g/mol. The number of rotatable bonds is 5. The molecule has 1 aliphatic heterocycles. The molecule has 0 radical (unpaired) electrons. The van der Waals surface area contributed by atoms with Crippen molar-refractivity contribution in [2.24, 2.45) is 0 Å². The molecule has 8 heteroatoms. The summed E-state index contributed by atoms with van der Waals surface area (Å²) in [6, 6.07) is 10.1. The fraction of sp³-hybridized carbons (Fsp3) is 0.346. The molecule has 0 spiro atoms. The zero-order chi connectivity index (χ0) is 23.8. The van der Waals surface area contributed by atoms with Crippen LogP contribution < -0.4 is 10.5 Å². The summed E-state index contributed by atoms with van der Waals surface area (Å²) in [6.45, 7) is 7.14. The summed E-state index contributed by atoms with van der Waals surface area (Å²) in [4.78, 5) is 17.9. The van der Waals surface area contributed by atoms with Gasteiger partial charge in [0.2, 0.25) is 5.91 Å². The fourth-order valence-corrected chi connectivity index (χ4v) is 4.53. The zero-order valence-electron chi connectivity index (χ0n) is 19.7. The summed E-state index contributed by atoms with van der Waals surface area (Å²) in [5, 5.41) is 5.52. The molecule has 34 heavy (non-hydrogen) atoms. The van der Waals surface area contributed by atoms with Crippen LogP contribution in [0.3, 0.4) is 0 Å². The van der Waals surface area contributed by atoms with Crippen molar-refractivity contribution in [3.63, 3.8) is 0 Å². The zero-order valence-corrected chi connectivity index (χ0v) is 19.7.